The summed E-state index contributed by atoms with van der Waals surface area (Å²) in [5.41, 5.74) is 0.844. The number of benzene rings is 2. The van der Waals surface area contributed by atoms with Crippen molar-refractivity contribution >= 4 is 6.09 Å². The molecule has 1 saturated heterocycles. The maximum Gasteiger partial charge on any atom is 0.410 e. The van der Waals surface area contributed by atoms with Crippen LogP contribution in [0.1, 0.15) is 5.56 Å². The lowest BCUT2D eigenvalue weighted by molar-refractivity contribution is 0.0708. The van der Waals surface area contributed by atoms with Gasteiger partial charge in [0.15, 0.2) is 11.6 Å². The molecule has 0 aromatic heterocycles. The minimum absolute atomic E-state index is 0.0150. The van der Waals surface area contributed by atoms with E-state index in [9.17, 15) is 18.7 Å². The van der Waals surface area contributed by atoms with Crippen LogP contribution in [0.25, 0.3) is 0 Å². The number of carbonyl (C=O) groups is 1. The predicted molar refractivity (Wildman–Crippen MR) is 85.0 cm³/mol. The van der Waals surface area contributed by atoms with Gasteiger partial charge in [0.1, 0.15) is 24.6 Å². The van der Waals surface area contributed by atoms with Gasteiger partial charge in [0.2, 0.25) is 0 Å². The summed E-state index contributed by atoms with van der Waals surface area (Å²) in [7, 11) is 0. The molecule has 2 aromatic rings. The first-order valence-corrected chi connectivity index (χ1v) is 7.78. The van der Waals surface area contributed by atoms with Gasteiger partial charge in [-0.1, -0.05) is 30.3 Å². The summed E-state index contributed by atoms with van der Waals surface area (Å²) in [6, 6.07) is 12.1. The second kappa shape index (κ2) is 7.48. The molecular formula is C18H17F2NO4. The Kier molecular flexibility index (Phi) is 5.14. The van der Waals surface area contributed by atoms with E-state index in [0.29, 0.717) is 6.07 Å². The number of ether oxygens (including phenoxy) is 2. The second-order valence-corrected chi connectivity index (χ2v) is 5.74. The molecule has 0 bridgehead atoms. The highest BCUT2D eigenvalue weighted by molar-refractivity contribution is 5.68. The standard InChI is InChI=1S/C18H17F2NO4/c19-13-6-7-16(14(20)8-13)25-17-10-21(9-15(17)22)18(23)24-11-12-4-2-1-3-5-12/h1-8,15,17,22H,9-11H2. The number of amides is 1. The Balaban J connectivity index is 1.56. The molecule has 25 heavy (non-hydrogen) atoms. The molecule has 2 unspecified atom stereocenters. The van der Waals surface area contributed by atoms with Gasteiger partial charge in [0, 0.05) is 6.07 Å². The number of nitrogens with zero attached hydrogens (tertiary/aromatic N) is 1. The zero-order valence-electron chi connectivity index (χ0n) is 13.3. The van der Waals surface area contributed by atoms with Crippen LogP contribution in [-0.2, 0) is 11.3 Å². The van der Waals surface area contributed by atoms with Crippen molar-refractivity contribution in [2.45, 2.75) is 18.8 Å². The maximum absolute atomic E-state index is 13.6. The summed E-state index contributed by atoms with van der Waals surface area (Å²) in [6.07, 6.45) is -2.40. The van der Waals surface area contributed by atoms with E-state index in [1.165, 1.54) is 4.90 Å². The fourth-order valence-electron chi connectivity index (χ4n) is 2.57. The summed E-state index contributed by atoms with van der Waals surface area (Å²) in [5.74, 6) is -1.76. The lowest BCUT2D eigenvalue weighted by Gasteiger charge is -2.17. The molecule has 1 N–H and O–H groups in total. The van der Waals surface area contributed by atoms with E-state index in [2.05, 4.69) is 0 Å². The Hall–Kier alpha value is -2.67. The van der Waals surface area contributed by atoms with Gasteiger partial charge in [-0.2, -0.15) is 0 Å². The van der Waals surface area contributed by atoms with Crippen molar-refractivity contribution in [1.82, 2.24) is 4.90 Å². The Morgan fingerprint density at radius 3 is 2.64 bits per heavy atom. The number of hydrogen-bond donors (Lipinski definition) is 1. The molecule has 1 heterocycles. The van der Waals surface area contributed by atoms with Crippen LogP contribution in [0.4, 0.5) is 13.6 Å². The highest BCUT2D eigenvalue weighted by atomic mass is 19.1. The summed E-state index contributed by atoms with van der Waals surface area (Å²) in [6.45, 7) is 0.178. The summed E-state index contributed by atoms with van der Waals surface area (Å²) < 4.78 is 37.1. The molecule has 0 saturated carbocycles. The minimum Gasteiger partial charge on any atom is -0.483 e. The molecule has 7 heteroatoms. The molecule has 1 fully saturated rings. The lowest BCUT2D eigenvalue weighted by Crippen LogP contribution is -2.31. The number of rotatable bonds is 4. The van der Waals surface area contributed by atoms with Crippen molar-refractivity contribution in [2.24, 2.45) is 0 Å². The van der Waals surface area contributed by atoms with E-state index in [1.54, 1.807) is 0 Å². The second-order valence-electron chi connectivity index (χ2n) is 5.74. The van der Waals surface area contributed by atoms with E-state index in [4.69, 9.17) is 9.47 Å². The number of likely N-dealkylation sites (tertiary alicyclic amines) is 1. The molecule has 0 spiro atoms. The van der Waals surface area contributed by atoms with Gasteiger partial charge in [0.25, 0.3) is 0 Å². The monoisotopic (exact) mass is 349 g/mol. The topological polar surface area (TPSA) is 59.0 Å². The molecule has 1 aliphatic heterocycles. The Bertz CT molecular complexity index is 741. The molecule has 2 atom stereocenters. The smallest absolute Gasteiger partial charge is 0.410 e. The van der Waals surface area contributed by atoms with Crippen LogP contribution in [0.5, 0.6) is 5.75 Å². The van der Waals surface area contributed by atoms with Gasteiger partial charge < -0.3 is 19.5 Å². The van der Waals surface area contributed by atoms with Gasteiger partial charge in [-0.15, -0.1) is 0 Å². The first kappa shape index (κ1) is 17.2. The van der Waals surface area contributed by atoms with Gasteiger partial charge in [-0.3, -0.25) is 0 Å². The first-order chi connectivity index (χ1) is 12.0. The predicted octanol–water partition coefficient (Wildman–Crippen LogP) is 2.73. The molecule has 2 aromatic carbocycles. The van der Waals surface area contributed by atoms with Crippen LogP contribution in [0.15, 0.2) is 48.5 Å². The third kappa shape index (κ3) is 4.24. The number of hydrogen-bond acceptors (Lipinski definition) is 4. The van der Waals surface area contributed by atoms with Crippen molar-refractivity contribution in [3.63, 3.8) is 0 Å². The Morgan fingerprint density at radius 2 is 1.92 bits per heavy atom. The molecule has 1 aliphatic rings. The van der Waals surface area contributed by atoms with Crippen LogP contribution in [0, 0.1) is 11.6 Å². The fourth-order valence-corrected chi connectivity index (χ4v) is 2.57. The summed E-state index contributed by atoms with van der Waals surface area (Å²) in [5, 5.41) is 10.0. The van der Waals surface area contributed by atoms with E-state index >= 15 is 0 Å². The van der Waals surface area contributed by atoms with Crippen LogP contribution in [-0.4, -0.2) is 41.4 Å². The molecule has 0 aliphatic carbocycles. The molecule has 3 rings (SSSR count). The highest BCUT2D eigenvalue weighted by Crippen LogP contribution is 2.23. The zero-order valence-corrected chi connectivity index (χ0v) is 13.3. The number of halogens is 2. The van der Waals surface area contributed by atoms with Crippen molar-refractivity contribution in [3.8, 4) is 5.75 Å². The van der Waals surface area contributed by atoms with Gasteiger partial charge in [-0.05, 0) is 17.7 Å². The van der Waals surface area contributed by atoms with Crippen molar-refractivity contribution < 1.29 is 28.2 Å². The number of aliphatic hydroxyl groups excluding tert-OH is 1. The number of β-amino-alcohol motifs (C(OH)–C–C–N with tert-alkyl or cyclic N) is 1. The number of aliphatic hydroxyl groups is 1. The first-order valence-electron chi connectivity index (χ1n) is 7.78. The Morgan fingerprint density at radius 1 is 1.16 bits per heavy atom. The third-order valence-corrected chi connectivity index (χ3v) is 3.87. The lowest BCUT2D eigenvalue weighted by atomic mass is 10.2. The van der Waals surface area contributed by atoms with E-state index in [0.717, 1.165) is 17.7 Å². The van der Waals surface area contributed by atoms with Crippen molar-refractivity contribution in [1.29, 1.82) is 0 Å². The number of carbonyl (C=O) groups excluding carboxylic acids is 1. The average molecular weight is 349 g/mol. The SMILES string of the molecule is O=C(OCc1ccccc1)N1CC(O)C(Oc2ccc(F)cc2F)C1. The molecular weight excluding hydrogens is 332 g/mol. The van der Waals surface area contributed by atoms with E-state index in [-0.39, 0.29) is 25.4 Å². The van der Waals surface area contributed by atoms with Crippen molar-refractivity contribution in [3.05, 3.63) is 65.7 Å². The van der Waals surface area contributed by atoms with Crippen LogP contribution >= 0.6 is 0 Å². The minimum atomic E-state index is -0.992. The van der Waals surface area contributed by atoms with Crippen LogP contribution in [0.3, 0.4) is 0 Å². The van der Waals surface area contributed by atoms with Crippen LogP contribution < -0.4 is 4.74 Å². The maximum atomic E-state index is 13.6. The normalized spacial score (nSPS) is 19.7. The summed E-state index contributed by atoms with van der Waals surface area (Å²) >= 11 is 0. The van der Waals surface area contributed by atoms with E-state index in [1.807, 2.05) is 30.3 Å². The Labute approximate surface area is 143 Å². The third-order valence-electron chi connectivity index (χ3n) is 3.87. The van der Waals surface area contributed by atoms with Crippen molar-refractivity contribution in [2.75, 3.05) is 13.1 Å². The molecule has 1 amide bonds. The molecule has 0 radical (unpaired) electrons. The fraction of sp³-hybridized carbons (Fsp3) is 0.278. The average Bonchev–Trinajstić information content (AvgIpc) is 2.97. The zero-order chi connectivity index (χ0) is 17.8. The highest BCUT2D eigenvalue weighted by Gasteiger charge is 2.37. The summed E-state index contributed by atoms with van der Waals surface area (Å²) in [4.78, 5) is 13.4. The van der Waals surface area contributed by atoms with Gasteiger partial charge in [0.05, 0.1) is 13.1 Å². The van der Waals surface area contributed by atoms with E-state index < -0.39 is 29.9 Å². The van der Waals surface area contributed by atoms with Gasteiger partial charge in [-0.25, -0.2) is 13.6 Å². The van der Waals surface area contributed by atoms with Gasteiger partial charge >= 0.3 is 6.09 Å². The molecule has 5 nitrogen and oxygen atoms in total. The largest absolute Gasteiger partial charge is 0.483 e. The molecule has 132 valence electrons. The quantitative estimate of drug-likeness (QED) is 0.922. The van der Waals surface area contributed by atoms with Crippen LogP contribution in [0.2, 0.25) is 0 Å².